The summed E-state index contributed by atoms with van der Waals surface area (Å²) in [6.45, 7) is 2.11. The maximum absolute atomic E-state index is 16.3. The van der Waals surface area contributed by atoms with E-state index in [9.17, 15) is 14.7 Å². The van der Waals surface area contributed by atoms with E-state index in [0.29, 0.717) is 60.1 Å². The Morgan fingerprint density at radius 3 is 2.26 bits per heavy atom. The Morgan fingerprint density at radius 1 is 1.05 bits per heavy atom. The van der Waals surface area contributed by atoms with E-state index in [1.54, 1.807) is 42.5 Å². The van der Waals surface area contributed by atoms with Crippen molar-refractivity contribution in [3.8, 4) is 0 Å². The first kappa shape index (κ1) is 30.4. The van der Waals surface area contributed by atoms with Gasteiger partial charge in [-0.15, -0.1) is 0 Å². The SMILES string of the molecule is COC(=O)CCN1CCC(C(O)c2cc(F)c3c(c2)C(=O)N(Cc2ccc(Cl)cc2)C3(OC)c2ccc(Cl)cc2)CC1. The number of fused-ring (bicyclic) bond motifs is 1. The molecule has 0 aromatic heterocycles. The third-order valence-corrected chi connectivity index (χ3v) is 8.88. The minimum atomic E-state index is -1.56. The molecule has 222 valence electrons. The van der Waals surface area contributed by atoms with E-state index in [1.165, 1.54) is 25.2 Å². The van der Waals surface area contributed by atoms with Gasteiger partial charge < -0.3 is 19.5 Å². The predicted molar refractivity (Wildman–Crippen MR) is 158 cm³/mol. The first-order valence-electron chi connectivity index (χ1n) is 13.9. The molecule has 1 saturated heterocycles. The summed E-state index contributed by atoms with van der Waals surface area (Å²) < 4.78 is 27.1. The average Bonchev–Trinajstić information content (AvgIpc) is 3.25. The summed E-state index contributed by atoms with van der Waals surface area (Å²) in [5, 5.41) is 12.4. The second-order valence-corrected chi connectivity index (χ2v) is 11.6. The number of aliphatic hydroxyl groups excluding tert-OH is 1. The number of piperidine rings is 1. The van der Waals surface area contributed by atoms with Gasteiger partial charge in [0.15, 0.2) is 5.72 Å². The minimum absolute atomic E-state index is 0.0971. The Hall–Kier alpha value is -3.01. The summed E-state index contributed by atoms with van der Waals surface area (Å²) >= 11 is 12.3. The highest BCUT2D eigenvalue weighted by atomic mass is 35.5. The van der Waals surface area contributed by atoms with E-state index in [0.717, 1.165) is 5.56 Å². The zero-order valence-corrected chi connectivity index (χ0v) is 25.0. The summed E-state index contributed by atoms with van der Waals surface area (Å²) in [7, 11) is 2.82. The second-order valence-electron chi connectivity index (χ2n) is 10.7. The number of carbonyl (C=O) groups is 2. The number of rotatable bonds is 9. The Morgan fingerprint density at radius 2 is 1.67 bits per heavy atom. The lowest BCUT2D eigenvalue weighted by atomic mass is 9.85. The van der Waals surface area contributed by atoms with Crippen molar-refractivity contribution in [3.05, 3.63) is 104 Å². The zero-order chi connectivity index (χ0) is 30.0. The van der Waals surface area contributed by atoms with Crippen LogP contribution in [0, 0.1) is 11.7 Å². The molecule has 2 unspecified atom stereocenters. The van der Waals surface area contributed by atoms with Gasteiger partial charge in [-0.05, 0) is 79.4 Å². The van der Waals surface area contributed by atoms with E-state index >= 15 is 4.39 Å². The lowest BCUT2D eigenvalue weighted by Gasteiger charge is -2.38. The number of amides is 1. The van der Waals surface area contributed by atoms with Gasteiger partial charge in [0.2, 0.25) is 0 Å². The van der Waals surface area contributed by atoms with Crippen LogP contribution in [0.3, 0.4) is 0 Å². The highest BCUT2D eigenvalue weighted by Crippen LogP contribution is 2.48. The van der Waals surface area contributed by atoms with Gasteiger partial charge in [-0.2, -0.15) is 0 Å². The molecule has 0 aliphatic carbocycles. The summed E-state index contributed by atoms with van der Waals surface area (Å²) in [4.78, 5) is 29.2. The summed E-state index contributed by atoms with van der Waals surface area (Å²) in [5.41, 5.74) is 0.361. The molecule has 7 nitrogen and oxygen atoms in total. The van der Waals surface area contributed by atoms with Crippen molar-refractivity contribution < 1.29 is 28.6 Å². The molecule has 2 atom stereocenters. The monoisotopic (exact) mass is 614 g/mol. The number of ether oxygens (including phenoxy) is 2. The average molecular weight is 616 g/mol. The molecule has 5 rings (SSSR count). The molecule has 0 saturated carbocycles. The van der Waals surface area contributed by atoms with Crippen LogP contribution < -0.4 is 0 Å². The number of hydrogen-bond acceptors (Lipinski definition) is 6. The van der Waals surface area contributed by atoms with Crippen molar-refractivity contribution in [2.45, 2.75) is 37.6 Å². The third kappa shape index (κ3) is 5.79. The maximum Gasteiger partial charge on any atom is 0.306 e. The van der Waals surface area contributed by atoms with Gasteiger partial charge in [0.25, 0.3) is 5.91 Å². The van der Waals surface area contributed by atoms with E-state index in [2.05, 4.69) is 4.90 Å². The third-order valence-electron chi connectivity index (χ3n) is 8.37. The van der Waals surface area contributed by atoms with Crippen LogP contribution in [0.15, 0.2) is 60.7 Å². The number of nitrogens with zero attached hydrogens (tertiary/aromatic N) is 2. The zero-order valence-electron chi connectivity index (χ0n) is 23.5. The van der Waals surface area contributed by atoms with Gasteiger partial charge in [-0.3, -0.25) is 14.5 Å². The fourth-order valence-corrected chi connectivity index (χ4v) is 6.36. The fraction of sp³-hybridized carbons (Fsp3) is 0.375. The molecular weight excluding hydrogens is 582 g/mol. The number of methoxy groups -OCH3 is 2. The molecule has 2 aliphatic heterocycles. The Labute approximate surface area is 254 Å². The summed E-state index contributed by atoms with van der Waals surface area (Å²) in [6, 6.07) is 16.8. The highest BCUT2D eigenvalue weighted by Gasteiger charge is 2.54. The van der Waals surface area contributed by atoms with Gasteiger partial charge in [-0.1, -0.05) is 47.5 Å². The van der Waals surface area contributed by atoms with Gasteiger partial charge in [-0.25, -0.2) is 4.39 Å². The number of aliphatic hydroxyl groups is 1. The summed E-state index contributed by atoms with van der Waals surface area (Å²) in [6.07, 6.45) is 0.691. The van der Waals surface area contributed by atoms with Crippen LogP contribution in [0.4, 0.5) is 4.39 Å². The van der Waals surface area contributed by atoms with Crippen LogP contribution in [0.5, 0.6) is 0 Å². The lowest BCUT2D eigenvalue weighted by Crippen LogP contribution is -2.46. The number of hydrogen-bond donors (Lipinski definition) is 1. The van der Waals surface area contributed by atoms with Crippen LogP contribution in [0.2, 0.25) is 10.0 Å². The van der Waals surface area contributed by atoms with Crippen molar-refractivity contribution in [1.29, 1.82) is 0 Å². The van der Waals surface area contributed by atoms with Gasteiger partial charge in [0.05, 0.1) is 30.8 Å². The smallest absolute Gasteiger partial charge is 0.306 e. The number of esters is 1. The van der Waals surface area contributed by atoms with E-state index in [1.807, 2.05) is 12.1 Å². The summed E-state index contributed by atoms with van der Waals surface area (Å²) in [5.74, 6) is -1.43. The van der Waals surface area contributed by atoms with Crippen molar-refractivity contribution in [2.75, 3.05) is 33.9 Å². The standard InChI is InChI=1S/C32H33Cl2FN2O5/c1-41-28(38)13-16-36-14-11-21(12-15-36)30(39)22-17-26-29(27(35)18-22)32(42-2,23-5-9-25(34)10-6-23)37(31(26)40)19-20-3-7-24(33)8-4-20/h3-10,17-18,21,30,39H,11-16,19H2,1-2H3. The Kier molecular flexibility index (Phi) is 9.20. The molecule has 0 radical (unpaired) electrons. The molecule has 42 heavy (non-hydrogen) atoms. The highest BCUT2D eigenvalue weighted by molar-refractivity contribution is 6.30. The molecule has 2 aliphatic rings. The Balaban J connectivity index is 1.48. The minimum Gasteiger partial charge on any atom is -0.469 e. The molecule has 3 aromatic rings. The van der Waals surface area contributed by atoms with Crippen molar-refractivity contribution >= 4 is 35.1 Å². The lowest BCUT2D eigenvalue weighted by molar-refractivity contribution is -0.141. The number of benzene rings is 3. The molecule has 1 fully saturated rings. The van der Waals surface area contributed by atoms with E-state index in [4.69, 9.17) is 32.7 Å². The molecule has 1 N–H and O–H groups in total. The van der Waals surface area contributed by atoms with E-state index < -0.39 is 23.6 Å². The predicted octanol–water partition coefficient (Wildman–Crippen LogP) is 5.94. The normalized spacial score (nSPS) is 20.0. The van der Waals surface area contributed by atoms with Crippen molar-refractivity contribution in [2.24, 2.45) is 5.92 Å². The van der Waals surface area contributed by atoms with Crippen LogP contribution in [-0.4, -0.2) is 60.6 Å². The Bertz CT molecular complexity index is 1440. The second kappa shape index (κ2) is 12.7. The van der Waals surface area contributed by atoms with E-state index in [-0.39, 0.29) is 29.6 Å². The van der Waals surface area contributed by atoms with Crippen molar-refractivity contribution in [1.82, 2.24) is 9.80 Å². The first-order valence-corrected chi connectivity index (χ1v) is 14.6. The number of halogens is 3. The van der Waals surface area contributed by atoms with Crippen molar-refractivity contribution in [3.63, 3.8) is 0 Å². The van der Waals surface area contributed by atoms with Crippen LogP contribution in [-0.2, 0) is 26.5 Å². The molecule has 1 amide bonds. The van der Waals surface area contributed by atoms with Gasteiger partial charge >= 0.3 is 5.97 Å². The number of carbonyl (C=O) groups excluding carboxylic acids is 2. The first-order chi connectivity index (χ1) is 20.2. The molecule has 2 heterocycles. The topological polar surface area (TPSA) is 79.3 Å². The molecule has 0 spiro atoms. The van der Waals surface area contributed by atoms with Crippen LogP contribution in [0.25, 0.3) is 0 Å². The fourth-order valence-electron chi connectivity index (χ4n) is 6.11. The maximum atomic E-state index is 16.3. The van der Waals surface area contributed by atoms with Crippen LogP contribution in [0.1, 0.15) is 58.0 Å². The molecular formula is C32H33Cl2FN2O5. The van der Waals surface area contributed by atoms with Gasteiger partial charge in [0, 0.05) is 35.8 Å². The quantitative estimate of drug-likeness (QED) is 0.300. The van der Waals surface area contributed by atoms with Gasteiger partial charge in [0.1, 0.15) is 5.82 Å². The molecule has 10 heteroatoms. The molecule has 0 bridgehead atoms. The number of likely N-dealkylation sites (tertiary alicyclic amines) is 1. The largest absolute Gasteiger partial charge is 0.469 e. The molecule has 3 aromatic carbocycles. The van der Waals surface area contributed by atoms with Crippen LogP contribution >= 0.6 is 23.2 Å².